The van der Waals surface area contributed by atoms with E-state index in [4.69, 9.17) is 16.2 Å². The molecule has 8 heteroatoms. The highest BCUT2D eigenvalue weighted by Crippen LogP contribution is 2.28. The lowest BCUT2D eigenvalue weighted by atomic mass is 10.1. The number of nitrogens with two attached hydrogens (primary N) is 2. The third-order valence-corrected chi connectivity index (χ3v) is 3.38. The van der Waals surface area contributed by atoms with Gasteiger partial charge in [0.1, 0.15) is 11.9 Å². The lowest BCUT2D eigenvalue weighted by Crippen LogP contribution is -2.27. The molecule has 2 aromatic rings. The van der Waals surface area contributed by atoms with E-state index < -0.39 is 11.9 Å². The fourth-order valence-electron chi connectivity index (χ4n) is 2.24. The highest BCUT2D eigenvalue weighted by molar-refractivity contribution is 5.90. The maximum Gasteiger partial charge on any atom is 0.414 e. The van der Waals surface area contributed by atoms with E-state index in [1.54, 1.807) is 12.1 Å². The Hall–Kier alpha value is -2.74. The number of halogens is 1. The highest BCUT2D eigenvalue weighted by Gasteiger charge is 2.31. The lowest BCUT2D eigenvalue weighted by molar-refractivity contribution is 0.145. The number of carbonyl (C=O) groups excluding carboxylic acids is 1. The number of aromatic nitrogens is 2. The molecule has 22 heavy (non-hydrogen) atoms. The largest absolute Gasteiger partial charge is 0.443 e. The topological polar surface area (TPSA) is 107 Å². The molecule has 3 rings (SSSR count). The molecule has 1 fully saturated rings. The standard InChI is InChI=1S/C14H14FN5O2/c15-12-3-9(20-7-10(4-16)22-14(20)21)1-2-11(12)8-5-18-13(17)19-6-8/h1-3,5-6,10H,4,7,16H2,(H2,17,18,19)/t10-/m0/s1. The van der Waals surface area contributed by atoms with Crippen LogP contribution in [0, 0.1) is 5.82 Å². The molecule has 2 heterocycles. The Balaban J connectivity index is 1.89. The molecule has 4 N–H and O–H groups in total. The number of amides is 1. The molecule has 0 saturated carbocycles. The van der Waals surface area contributed by atoms with Crippen LogP contribution >= 0.6 is 0 Å². The van der Waals surface area contributed by atoms with E-state index in [-0.39, 0.29) is 18.6 Å². The van der Waals surface area contributed by atoms with Gasteiger partial charge in [-0.25, -0.2) is 19.2 Å². The second-order valence-corrected chi connectivity index (χ2v) is 4.85. The van der Waals surface area contributed by atoms with Gasteiger partial charge in [0.2, 0.25) is 5.95 Å². The molecule has 1 saturated heterocycles. The first-order chi connectivity index (χ1) is 10.6. The number of hydrogen-bond acceptors (Lipinski definition) is 6. The summed E-state index contributed by atoms with van der Waals surface area (Å²) < 4.78 is 19.4. The number of nitrogen functional groups attached to an aromatic ring is 1. The summed E-state index contributed by atoms with van der Waals surface area (Å²) >= 11 is 0. The lowest BCUT2D eigenvalue weighted by Gasteiger charge is -2.14. The van der Waals surface area contributed by atoms with Crippen LogP contribution in [-0.4, -0.2) is 35.3 Å². The minimum absolute atomic E-state index is 0.119. The zero-order valence-corrected chi connectivity index (χ0v) is 11.6. The quantitative estimate of drug-likeness (QED) is 0.880. The SMILES string of the molecule is NC[C@H]1CN(c2ccc(-c3cnc(N)nc3)c(F)c2)C(=O)O1. The van der Waals surface area contributed by atoms with Crippen LogP contribution in [0.1, 0.15) is 0 Å². The zero-order chi connectivity index (χ0) is 15.7. The van der Waals surface area contributed by atoms with Crippen LogP contribution < -0.4 is 16.4 Å². The van der Waals surface area contributed by atoms with Gasteiger partial charge < -0.3 is 16.2 Å². The van der Waals surface area contributed by atoms with Gasteiger partial charge in [0.25, 0.3) is 0 Å². The molecule has 114 valence electrons. The summed E-state index contributed by atoms with van der Waals surface area (Å²) in [4.78, 5) is 20.8. The smallest absolute Gasteiger partial charge is 0.414 e. The molecule has 1 aromatic heterocycles. The maximum atomic E-state index is 14.3. The van der Waals surface area contributed by atoms with Crippen molar-refractivity contribution in [3.05, 3.63) is 36.4 Å². The van der Waals surface area contributed by atoms with Crippen molar-refractivity contribution < 1.29 is 13.9 Å². The number of hydrogen-bond donors (Lipinski definition) is 2. The highest BCUT2D eigenvalue weighted by atomic mass is 19.1. The van der Waals surface area contributed by atoms with Crippen LogP contribution in [0.25, 0.3) is 11.1 Å². The van der Waals surface area contributed by atoms with Crippen LogP contribution in [0.2, 0.25) is 0 Å². The van der Waals surface area contributed by atoms with Crippen molar-refractivity contribution in [3.8, 4) is 11.1 Å². The van der Waals surface area contributed by atoms with Crippen molar-refractivity contribution in [3.63, 3.8) is 0 Å². The van der Waals surface area contributed by atoms with Crippen molar-refractivity contribution >= 4 is 17.7 Å². The summed E-state index contributed by atoms with van der Waals surface area (Å²) in [5, 5.41) is 0. The molecular formula is C14H14FN5O2. The first kappa shape index (κ1) is 14.2. The predicted molar refractivity (Wildman–Crippen MR) is 78.5 cm³/mol. The van der Waals surface area contributed by atoms with E-state index in [1.165, 1.54) is 23.4 Å². The van der Waals surface area contributed by atoms with Gasteiger partial charge in [0.15, 0.2) is 0 Å². The van der Waals surface area contributed by atoms with Gasteiger partial charge in [0.05, 0.1) is 12.2 Å². The number of anilines is 2. The van der Waals surface area contributed by atoms with Crippen LogP contribution in [-0.2, 0) is 4.74 Å². The maximum absolute atomic E-state index is 14.3. The van der Waals surface area contributed by atoms with Gasteiger partial charge in [0, 0.05) is 30.1 Å². The van der Waals surface area contributed by atoms with E-state index >= 15 is 0 Å². The van der Waals surface area contributed by atoms with Gasteiger partial charge in [-0.3, -0.25) is 4.90 Å². The zero-order valence-electron chi connectivity index (χ0n) is 11.6. The normalized spacial score (nSPS) is 17.6. The van der Waals surface area contributed by atoms with Crippen LogP contribution in [0.3, 0.4) is 0 Å². The van der Waals surface area contributed by atoms with Crippen molar-refractivity contribution in [1.82, 2.24) is 9.97 Å². The average Bonchev–Trinajstić information content (AvgIpc) is 2.89. The third kappa shape index (κ3) is 2.56. The number of ether oxygens (including phenoxy) is 1. The minimum Gasteiger partial charge on any atom is -0.443 e. The molecule has 0 spiro atoms. The molecule has 1 amide bonds. The number of nitrogens with zero attached hydrogens (tertiary/aromatic N) is 3. The fourth-order valence-corrected chi connectivity index (χ4v) is 2.24. The number of carbonyl (C=O) groups is 1. The Kier molecular flexibility index (Phi) is 3.60. The Labute approximate surface area is 125 Å². The molecule has 0 bridgehead atoms. The van der Waals surface area contributed by atoms with Crippen molar-refractivity contribution in [2.75, 3.05) is 23.7 Å². The van der Waals surface area contributed by atoms with E-state index in [0.29, 0.717) is 23.4 Å². The molecule has 1 aromatic carbocycles. The van der Waals surface area contributed by atoms with Gasteiger partial charge in [-0.1, -0.05) is 0 Å². The fraction of sp³-hybridized carbons (Fsp3) is 0.214. The van der Waals surface area contributed by atoms with Crippen LogP contribution in [0.4, 0.5) is 20.8 Å². The summed E-state index contributed by atoms with van der Waals surface area (Å²) in [6.07, 6.45) is 1.98. The summed E-state index contributed by atoms with van der Waals surface area (Å²) in [6, 6.07) is 4.46. The third-order valence-electron chi connectivity index (χ3n) is 3.38. The monoisotopic (exact) mass is 303 g/mol. The molecule has 0 radical (unpaired) electrons. The molecular weight excluding hydrogens is 289 g/mol. The number of benzene rings is 1. The van der Waals surface area contributed by atoms with Crippen LogP contribution in [0.5, 0.6) is 0 Å². The molecule has 0 unspecified atom stereocenters. The molecule has 1 atom stereocenters. The Morgan fingerprint density at radius 3 is 2.68 bits per heavy atom. The van der Waals surface area contributed by atoms with Crippen LogP contribution in [0.15, 0.2) is 30.6 Å². The van der Waals surface area contributed by atoms with E-state index in [2.05, 4.69) is 9.97 Å². The number of cyclic esters (lactones) is 1. The van der Waals surface area contributed by atoms with Gasteiger partial charge >= 0.3 is 6.09 Å². The minimum atomic E-state index is -0.529. The van der Waals surface area contributed by atoms with Crippen molar-refractivity contribution in [1.29, 1.82) is 0 Å². The Morgan fingerprint density at radius 1 is 1.36 bits per heavy atom. The van der Waals surface area contributed by atoms with E-state index in [1.807, 2.05) is 0 Å². The van der Waals surface area contributed by atoms with E-state index in [9.17, 15) is 9.18 Å². The van der Waals surface area contributed by atoms with Crippen molar-refractivity contribution in [2.45, 2.75) is 6.10 Å². The second kappa shape index (κ2) is 5.57. The van der Waals surface area contributed by atoms with Gasteiger partial charge in [-0.2, -0.15) is 0 Å². The van der Waals surface area contributed by atoms with Gasteiger partial charge in [-0.15, -0.1) is 0 Å². The molecule has 1 aliphatic rings. The van der Waals surface area contributed by atoms with Gasteiger partial charge in [-0.05, 0) is 18.2 Å². The molecule has 1 aliphatic heterocycles. The second-order valence-electron chi connectivity index (χ2n) is 4.85. The molecule has 7 nitrogen and oxygen atoms in total. The first-order valence-electron chi connectivity index (χ1n) is 6.64. The first-order valence-corrected chi connectivity index (χ1v) is 6.64. The summed E-state index contributed by atoms with van der Waals surface area (Å²) in [5.41, 5.74) is 12.1. The Bertz CT molecular complexity index is 707. The molecule has 0 aliphatic carbocycles. The van der Waals surface area contributed by atoms with Crippen molar-refractivity contribution in [2.24, 2.45) is 5.73 Å². The summed E-state index contributed by atoms with van der Waals surface area (Å²) in [5.74, 6) is -0.372. The summed E-state index contributed by atoms with van der Waals surface area (Å²) in [7, 11) is 0. The Morgan fingerprint density at radius 2 is 2.09 bits per heavy atom. The average molecular weight is 303 g/mol. The summed E-state index contributed by atoms with van der Waals surface area (Å²) in [6.45, 7) is 0.532. The number of rotatable bonds is 3. The van der Waals surface area contributed by atoms with E-state index in [0.717, 1.165) is 0 Å². The predicted octanol–water partition coefficient (Wildman–Crippen LogP) is 1.15.